The van der Waals surface area contributed by atoms with Gasteiger partial charge in [-0.15, -0.1) is 0 Å². The number of amides is 2. The molecule has 0 radical (unpaired) electrons. The quantitative estimate of drug-likeness (QED) is 0.507. The van der Waals surface area contributed by atoms with Crippen LogP contribution in [0, 0.1) is 0 Å². The molecule has 9 nitrogen and oxygen atoms in total. The van der Waals surface area contributed by atoms with Crippen molar-refractivity contribution in [2.75, 3.05) is 13.2 Å². The highest BCUT2D eigenvalue weighted by atomic mass is 16.5. The first-order valence-electron chi connectivity index (χ1n) is 10.6. The van der Waals surface area contributed by atoms with Crippen molar-refractivity contribution in [2.24, 2.45) is 0 Å². The summed E-state index contributed by atoms with van der Waals surface area (Å²) in [6, 6.07) is 15.1. The molecule has 1 atom stereocenters. The van der Waals surface area contributed by atoms with Gasteiger partial charge in [-0.2, -0.15) is 0 Å². The standard InChI is InChI=1S/C24H23N3O6/c1-2-31-23(29)21-17(26-24(30)27-22(21)15-8-4-3-5-9-15)14-32-20(28)13-12-19-25-16-10-6-7-11-18(16)33-19/h3-11,22H,2,12-14H2,1H3,(H2,26,27,30). The van der Waals surface area contributed by atoms with Crippen molar-refractivity contribution in [3.63, 3.8) is 0 Å². The van der Waals surface area contributed by atoms with Crippen molar-refractivity contribution < 1.29 is 28.3 Å². The molecule has 3 aromatic rings. The fourth-order valence-corrected chi connectivity index (χ4v) is 3.54. The predicted octanol–water partition coefficient (Wildman–Crippen LogP) is 3.17. The Hall–Kier alpha value is -4.14. The molecule has 2 heterocycles. The smallest absolute Gasteiger partial charge is 0.338 e. The summed E-state index contributed by atoms with van der Waals surface area (Å²) in [5, 5.41) is 5.30. The Bertz CT molecular complexity index is 1170. The third-order valence-corrected chi connectivity index (χ3v) is 5.04. The van der Waals surface area contributed by atoms with Crippen molar-refractivity contribution in [1.82, 2.24) is 15.6 Å². The second-order valence-corrected chi connectivity index (χ2v) is 7.29. The summed E-state index contributed by atoms with van der Waals surface area (Å²) in [5.74, 6) is -0.688. The molecule has 4 rings (SSSR count). The number of oxazole rings is 1. The van der Waals surface area contributed by atoms with Gasteiger partial charge in [0.2, 0.25) is 0 Å². The van der Waals surface area contributed by atoms with E-state index in [0.717, 1.165) is 5.52 Å². The molecule has 0 fully saturated rings. The molecule has 170 valence electrons. The molecular weight excluding hydrogens is 426 g/mol. The van der Waals surface area contributed by atoms with Crippen molar-refractivity contribution in [3.8, 4) is 0 Å². The second kappa shape index (κ2) is 9.99. The zero-order valence-electron chi connectivity index (χ0n) is 18.0. The van der Waals surface area contributed by atoms with E-state index in [0.29, 0.717) is 17.0 Å². The van der Waals surface area contributed by atoms with E-state index in [2.05, 4.69) is 15.6 Å². The number of aromatic nitrogens is 1. The molecule has 2 amide bonds. The Morgan fingerprint density at radius 1 is 1.06 bits per heavy atom. The van der Waals surface area contributed by atoms with E-state index < -0.39 is 24.0 Å². The fraction of sp³-hybridized carbons (Fsp3) is 0.250. The lowest BCUT2D eigenvalue weighted by molar-refractivity contribution is -0.143. The molecule has 0 saturated carbocycles. The van der Waals surface area contributed by atoms with Crippen LogP contribution in [-0.4, -0.2) is 36.2 Å². The Labute approximate surface area is 189 Å². The summed E-state index contributed by atoms with van der Waals surface area (Å²) in [6.45, 7) is 1.57. The van der Waals surface area contributed by atoms with E-state index in [9.17, 15) is 14.4 Å². The zero-order valence-corrected chi connectivity index (χ0v) is 18.0. The number of urea groups is 1. The highest BCUT2D eigenvalue weighted by Crippen LogP contribution is 2.28. The van der Waals surface area contributed by atoms with E-state index in [1.54, 1.807) is 37.3 Å². The third kappa shape index (κ3) is 5.20. The minimum absolute atomic E-state index is 0.0309. The average molecular weight is 449 g/mol. The Morgan fingerprint density at radius 3 is 2.58 bits per heavy atom. The van der Waals surface area contributed by atoms with Gasteiger partial charge < -0.3 is 24.5 Å². The van der Waals surface area contributed by atoms with Crippen molar-refractivity contribution in [1.29, 1.82) is 0 Å². The molecule has 1 aliphatic rings. The van der Waals surface area contributed by atoms with Crippen molar-refractivity contribution in [2.45, 2.75) is 25.8 Å². The van der Waals surface area contributed by atoms with E-state index in [-0.39, 0.29) is 37.3 Å². The molecule has 1 unspecified atom stereocenters. The van der Waals surface area contributed by atoms with Crippen LogP contribution in [0.3, 0.4) is 0 Å². The van der Waals surface area contributed by atoms with Gasteiger partial charge in [-0.05, 0) is 24.6 Å². The van der Waals surface area contributed by atoms with Gasteiger partial charge in [-0.1, -0.05) is 42.5 Å². The van der Waals surface area contributed by atoms with Gasteiger partial charge in [0.15, 0.2) is 11.5 Å². The molecule has 0 aliphatic carbocycles. The number of hydrogen-bond donors (Lipinski definition) is 2. The van der Waals surface area contributed by atoms with E-state index in [1.165, 1.54) is 0 Å². The molecule has 0 spiro atoms. The summed E-state index contributed by atoms with van der Waals surface area (Å²) < 4.78 is 16.2. The van der Waals surface area contributed by atoms with E-state index in [4.69, 9.17) is 13.9 Å². The second-order valence-electron chi connectivity index (χ2n) is 7.29. The van der Waals surface area contributed by atoms with Crippen molar-refractivity contribution in [3.05, 3.63) is 77.3 Å². The SMILES string of the molecule is CCOC(=O)C1=C(COC(=O)CCc2nc3ccccc3o2)NC(=O)NC1c1ccccc1. The van der Waals surface area contributed by atoms with E-state index in [1.807, 2.05) is 24.3 Å². The number of nitrogens with zero attached hydrogens (tertiary/aromatic N) is 1. The van der Waals surface area contributed by atoms with Gasteiger partial charge in [0.05, 0.1) is 30.3 Å². The summed E-state index contributed by atoms with van der Waals surface area (Å²) >= 11 is 0. The number of nitrogens with one attached hydrogen (secondary N) is 2. The maximum atomic E-state index is 12.7. The van der Waals surface area contributed by atoms with Crippen LogP contribution < -0.4 is 10.6 Å². The number of benzene rings is 2. The van der Waals surface area contributed by atoms with Crippen LogP contribution in [-0.2, 0) is 25.5 Å². The summed E-state index contributed by atoms with van der Waals surface area (Å²) in [4.78, 5) is 41.6. The fourth-order valence-electron chi connectivity index (χ4n) is 3.54. The van der Waals surface area contributed by atoms with Gasteiger partial charge >= 0.3 is 18.0 Å². The minimum Gasteiger partial charge on any atom is -0.463 e. The number of ether oxygens (including phenoxy) is 2. The highest BCUT2D eigenvalue weighted by Gasteiger charge is 2.34. The molecule has 0 saturated heterocycles. The number of aryl methyl sites for hydroxylation is 1. The van der Waals surface area contributed by atoms with Crippen LogP contribution in [0.4, 0.5) is 4.79 Å². The molecule has 9 heteroatoms. The average Bonchev–Trinajstić information content (AvgIpc) is 3.25. The first-order chi connectivity index (χ1) is 16.0. The lowest BCUT2D eigenvalue weighted by atomic mass is 9.95. The van der Waals surface area contributed by atoms with Crippen molar-refractivity contribution >= 4 is 29.1 Å². The Morgan fingerprint density at radius 2 is 1.82 bits per heavy atom. The zero-order chi connectivity index (χ0) is 23.2. The Kier molecular flexibility index (Phi) is 6.68. The first kappa shape index (κ1) is 22.1. The number of rotatable bonds is 8. The van der Waals surface area contributed by atoms with Crippen LogP contribution in [0.1, 0.15) is 30.8 Å². The number of carbonyl (C=O) groups excluding carboxylic acids is 3. The highest BCUT2D eigenvalue weighted by molar-refractivity contribution is 5.95. The van der Waals surface area contributed by atoms with E-state index >= 15 is 0 Å². The number of carbonyl (C=O) groups is 3. The predicted molar refractivity (Wildman–Crippen MR) is 118 cm³/mol. The first-order valence-corrected chi connectivity index (χ1v) is 10.6. The van der Waals surface area contributed by atoms with Crippen LogP contribution in [0.25, 0.3) is 11.1 Å². The lowest BCUT2D eigenvalue weighted by Crippen LogP contribution is -2.47. The molecule has 33 heavy (non-hydrogen) atoms. The minimum atomic E-state index is -0.729. The Balaban J connectivity index is 1.47. The summed E-state index contributed by atoms with van der Waals surface area (Å²) in [5.41, 5.74) is 2.44. The number of fused-ring (bicyclic) bond motifs is 1. The van der Waals surface area contributed by atoms with Crippen LogP contribution in [0.15, 0.2) is 70.3 Å². The monoisotopic (exact) mass is 449 g/mol. The third-order valence-electron chi connectivity index (χ3n) is 5.04. The number of hydrogen-bond acceptors (Lipinski definition) is 7. The molecule has 2 aromatic carbocycles. The molecule has 0 bridgehead atoms. The molecule has 1 aromatic heterocycles. The van der Waals surface area contributed by atoms with Gasteiger partial charge in [0.25, 0.3) is 0 Å². The normalized spacial score (nSPS) is 15.7. The van der Waals surface area contributed by atoms with Crippen LogP contribution >= 0.6 is 0 Å². The maximum absolute atomic E-state index is 12.7. The summed E-state index contributed by atoms with van der Waals surface area (Å²) in [6.07, 6.45) is 0.293. The number of esters is 2. The maximum Gasteiger partial charge on any atom is 0.338 e. The molecule has 1 aliphatic heterocycles. The molecular formula is C24H23N3O6. The van der Waals surface area contributed by atoms with Gasteiger partial charge in [-0.3, -0.25) is 4.79 Å². The van der Waals surface area contributed by atoms with Gasteiger partial charge in [-0.25, -0.2) is 14.6 Å². The number of para-hydroxylation sites is 2. The molecule has 2 N–H and O–H groups in total. The summed E-state index contributed by atoms with van der Waals surface area (Å²) in [7, 11) is 0. The largest absolute Gasteiger partial charge is 0.463 e. The van der Waals surface area contributed by atoms with Crippen LogP contribution in [0.2, 0.25) is 0 Å². The van der Waals surface area contributed by atoms with Crippen LogP contribution in [0.5, 0.6) is 0 Å². The van der Waals surface area contributed by atoms with Gasteiger partial charge in [0, 0.05) is 6.42 Å². The lowest BCUT2D eigenvalue weighted by Gasteiger charge is -2.29. The topological polar surface area (TPSA) is 120 Å². The van der Waals surface area contributed by atoms with Gasteiger partial charge in [0.1, 0.15) is 12.1 Å².